The van der Waals surface area contributed by atoms with E-state index in [1.807, 2.05) is 25.1 Å². The van der Waals surface area contributed by atoms with Gasteiger partial charge in [-0.1, -0.05) is 32.0 Å². The Bertz CT molecular complexity index is 1180. The van der Waals surface area contributed by atoms with E-state index in [-0.39, 0.29) is 11.1 Å². The average Bonchev–Trinajstić information content (AvgIpc) is 2.76. The molecule has 0 unspecified atom stereocenters. The molecule has 4 amide bonds. The van der Waals surface area contributed by atoms with Crippen LogP contribution in [-0.4, -0.2) is 29.4 Å². The Kier molecular flexibility index (Phi) is 6.11. The third kappa shape index (κ3) is 4.13. The van der Waals surface area contributed by atoms with Gasteiger partial charge in [-0.05, 0) is 93.5 Å². The number of anilines is 2. The number of nitrogens with one attached hydrogen (secondary N) is 1. The second kappa shape index (κ2) is 8.75. The number of barbiturate groups is 1. The number of urea groups is 1. The third-order valence-electron chi connectivity index (χ3n) is 6.83. The maximum Gasteiger partial charge on any atom is 0.335 e. The van der Waals surface area contributed by atoms with Crippen LogP contribution < -0.4 is 15.1 Å². The molecule has 2 aromatic rings. The lowest BCUT2D eigenvalue weighted by molar-refractivity contribution is -0.122. The zero-order chi connectivity index (χ0) is 24.8. The van der Waals surface area contributed by atoms with E-state index in [9.17, 15) is 14.4 Å². The Hall–Kier alpha value is -3.41. The SMILES string of the molecule is CCc1ccc(N2C(=O)NC(=O)/C(=C\c3ccc4c(c3)[C@@H](C)CC(C)(C)N4C(C)C)C2=O)cc1. The van der Waals surface area contributed by atoms with E-state index in [0.717, 1.165) is 28.9 Å². The molecule has 34 heavy (non-hydrogen) atoms. The minimum atomic E-state index is -0.731. The van der Waals surface area contributed by atoms with Crippen molar-refractivity contribution in [2.45, 2.75) is 71.9 Å². The summed E-state index contributed by atoms with van der Waals surface area (Å²) >= 11 is 0. The normalized spacial score (nSPS) is 21.2. The van der Waals surface area contributed by atoms with Crippen LogP contribution in [-0.2, 0) is 16.0 Å². The summed E-state index contributed by atoms with van der Waals surface area (Å²) in [4.78, 5) is 41.8. The lowest BCUT2D eigenvalue weighted by atomic mass is 9.78. The van der Waals surface area contributed by atoms with Gasteiger partial charge in [0.1, 0.15) is 5.57 Å². The lowest BCUT2D eigenvalue weighted by Gasteiger charge is -2.50. The summed E-state index contributed by atoms with van der Waals surface area (Å²) in [6.07, 6.45) is 3.45. The van der Waals surface area contributed by atoms with Gasteiger partial charge < -0.3 is 4.90 Å². The number of benzene rings is 2. The fourth-order valence-electron chi connectivity index (χ4n) is 5.48. The molecule has 0 spiro atoms. The van der Waals surface area contributed by atoms with Crippen LogP contribution in [0.2, 0.25) is 0 Å². The van der Waals surface area contributed by atoms with Crippen LogP contribution in [0.5, 0.6) is 0 Å². The van der Waals surface area contributed by atoms with Gasteiger partial charge in [-0.2, -0.15) is 0 Å². The molecule has 178 valence electrons. The number of hydrogen-bond donors (Lipinski definition) is 1. The van der Waals surface area contributed by atoms with Crippen LogP contribution in [0.25, 0.3) is 6.08 Å². The number of imide groups is 2. The van der Waals surface area contributed by atoms with Gasteiger partial charge in [0.15, 0.2) is 0 Å². The Labute approximate surface area is 201 Å². The van der Waals surface area contributed by atoms with Crippen molar-refractivity contribution < 1.29 is 14.4 Å². The zero-order valence-electron chi connectivity index (χ0n) is 20.8. The molecule has 1 fully saturated rings. The predicted molar refractivity (Wildman–Crippen MR) is 136 cm³/mol. The summed E-state index contributed by atoms with van der Waals surface area (Å²) in [5.74, 6) is -0.953. The first-order chi connectivity index (χ1) is 16.0. The van der Waals surface area contributed by atoms with Crippen molar-refractivity contribution in [2.24, 2.45) is 0 Å². The number of carbonyl (C=O) groups is 3. The summed E-state index contributed by atoms with van der Waals surface area (Å²) in [5, 5.41) is 2.31. The smallest absolute Gasteiger partial charge is 0.335 e. The van der Waals surface area contributed by atoms with Crippen molar-refractivity contribution in [3.05, 3.63) is 64.7 Å². The highest BCUT2D eigenvalue weighted by Crippen LogP contribution is 2.44. The van der Waals surface area contributed by atoms with E-state index in [1.165, 1.54) is 11.3 Å². The Balaban J connectivity index is 1.72. The van der Waals surface area contributed by atoms with Crippen LogP contribution in [0.4, 0.5) is 16.2 Å². The number of carbonyl (C=O) groups excluding carboxylic acids is 3. The molecule has 0 bridgehead atoms. The minimum Gasteiger partial charge on any atom is -0.364 e. The maximum atomic E-state index is 13.3. The summed E-state index contributed by atoms with van der Waals surface area (Å²) in [6.45, 7) is 13.2. The first-order valence-corrected chi connectivity index (χ1v) is 12.0. The predicted octanol–water partition coefficient (Wildman–Crippen LogP) is 5.42. The molecule has 2 aromatic carbocycles. The van der Waals surface area contributed by atoms with E-state index in [0.29, 0.717) is 17.6 Å². The molecule has 2 aliphatic heterocycles. The van der Waals surface area contributed by atoms with Gasteiger partial charge in [0.25, 0.3) is 11.8 Å². The summed E-state index contributed by atoms with van der Waals surface area (Å²) < 4.78 is 0. The van der Waals surface area contributed by atoms with Gasteiger partial charge in [-0.3, -0.25) is 14.9 Å². The number of rotatable bonds is 4. The van der Waals surface area contributed by atoms with Crippen LogP contribution in [0.1, 0.15) is 70.6 Å². The summed E-state index contributed by atoms with van der Waals surface area (Å²) in [6, 6.07) is 12.9. The van der Waals surface area contributed by atoms with Crippen molar-refractivity contribution in [1.29, 1.82) is 0 Å². The Morgan fingerprint density at radius 1 is 1.09 bits per heavy atom. The van der Waals surface area contributed by atoms with Crippen LogP contribution in [0.15, 0.2) is 48.0 Å². The van der Waals surface area contributed by atoms with Gasteiger partial charge in [0.2, 0.25) is 0 Å². The zero-order valence-corrected chi connectivity index (χ0v) is 20.8. The molecule has 0 radical (unpaired) electrons. The fourth-order valence-corrected chi connectivity index (χ4v) is 5.48. The number of aryl methyl sites for hydroxylation is 1. The highest BCUT2D eigenvalue weighted by atomic mass is 16.2. The third-order valence-corrected chi connectivity index (χ3v) is 6.83. The molecule has 2 aliphatic rings. The molecule has 1 saturated heterocycles. The summed E-state index contributed by atoms with van der Waals surface area (Å²) in [5.41, 5.74) is 4.68. The molecule has 4 rings (SSSR count). The van der Waals surface area contributed by atoms with E-state index in [1.54, 1.807) is 18.2 Å². The monoisotopic (exact) mass is 459 g/mol. The van der Waals surface area contributed by atoms with E-state index in [4.69, 9.17) is 0 Å². The van der Waals surface area contributed by atoms with Crippen LogP contribution in [0.3, 0.4) is 0 Å². The van der Waals surface area contributed by atoms with Gasteiger partial charge in [0, 0.05) is 17.3 Å². The number of fused-ring (bicyclic) bond motifs is 1. The molecule has 2 heterocycles. The summed E-state index contributed by atoms with van der Waals surface area (Å²) in [7, 11) is 0. The largest absolute Gasteiger partial charge is 0.364 e. The molecule has 0 aromatic heterocycles. The number of hydrogen-bond acceptors (Lipinski definition) is 4. The lowest BCUT2D eigenvalue weighted by Crippen LogP contribution is -2.54. The van der Waals surface area contributed by atoms with Crippen molar-refractivity contribution in [3.63, 3.8) is 0 Å². The van der Waals surface area contributed by atoms with Crippen molar-refractivity contribution in [2.75, 3.05) is 9.80 Å². The van der Waals surface area contributed by atoms with Gasteiger partial charge >= 0.3 is 6.03 Å². The molecule has 6 heteroatoms. The average molecular weight is 460 g/mol. The van der Waals surface area contributed by atoms with Gasteiger partial charge in [0.05, 0.1) is 5.69 Å². The molecule has 1 atom stereocenters. The molecule has 6 nitrogen and oxygen atoms in total. The molecule has 1 N–H and O–H groups in total. The highest BCUT2D eigenvalue weighted by Gasteiger charge is 2.39. The van der Waals surface area contributed by atoms with Gasteiger partial charge in [-0.25, -0.2) is 9.69 Å². The molecular formula is C28H33N3O3. The highest BCUT2D eigenvalue weighted by molar-refractivity contribution is 6.39. The second-order valence-corrected chi connectivity index (χ2v) is 10.2. The quantitative estimate of drug-likeness (QED) is 0.490. The molecule has 0 saturated carbocycles. The first kappa shape index (κ1) is 23.7. The Morgan fingerprint density at radius 3 is 2.38 bits per heavy atom. The minimum absolute atomic E-state index is 0.0357. The number of nitrogens with zero attached hydrogens (tertiary/aromatic N) is 2. The number of amides is 4. The van der Waals surface area contributed by atoms with Crippen LogP contribution in [0, 0.1) is 0 Å². The van der Waals surface area contributed by atoms with E-state index >= 15 is 0 Å². The van der Waals surface area contributed by atoms with Crippen LogP contribution >= 0.6 is 0 Å². The standard InChI is InChI=1S/C28H33N3O3/c1-7-19-8-11-21(12-9-19)30-26(33)23(25(32)29-27(30)34)15-20-10-13-24-22(14-20)18(4)16-28(5,6)31(24)17(2)3/h8-15,17-18H,7,16H2,1-6H3,(H,29,32,34)/b23-15+/t18-/m0/s1. The van der Waals surface area contributed by atoms with E-state index < -0.39 is 17.8 Å². The van der Waals surface area contributed by atoms with Crippen molar-refractivity contribution in [3.8, 4) is 0 Å². The molecule has 0 aliphatic carbocycles. The maximum absolute atomic E-state index is 13.3. The second-order valence-electron chi connectivity index (χ2n) is 10.2. The van der Waals surface area contributed by atoms with Crippen molar-refractivity contribution in [1.82, 2.24) is 5.32 Å². The topological polar surface area (TPSA) is 69.7 Å². The fraction of sp³-hybridized carbons (Fsp3) is 0.393. The molecular weight excluding hydrogens is 426 g/mol. The van der Waals surface area contributed by atoms with Crippen molar-refractivity contribution >= 4 is 35.3 Å². The van der Waals surface area contributed by atoms with Gasteiger partial charge in [-0.15, -0.1) is 0 Å². The van der Waals surface area contributed by atoms with E-state index in [2.05, 4.69) is 57.0 Å². The first-order valence-electron chi connectivity index (χ1n) is 12.0. The Morgan fingerprint density at radius 2 is 1.76 bits per heavy atom.